The Bertz CT molecular complexity index is 438. The van der Waals surface area contributed by atoms with Crippen molar-refractivity contribution in [3.05, 3.63) is 65.8 Å². The molecule has 0 saturated heterocycles. The van der Waals surface area contributed by atoms with Crippen LogP contribution in [0.4, 0.5) is 0 Å². The number of allylic oxidation sites excluding steroid dienone is 5. The first-order chi connectivity index (χ1) is 7.38. The molecule has 72 valence electrons. The van der Waals surface area contributed by atoms with Gasteiger partial charge in [-0.2, -0.15) is 0 Å². The van der Waals surface area contributed by atoms with E-state index in [1.165, 1.54) is 5.56 Å². The minimum atomic E-state index is 0.442. The van der Waals surface area contributed by atoms with E-state index in [0.717, 1.165) is 5.56 Å². The van der Waals surface area contributed by atoms with Crippen molar-refractivity contribution in [3.63, 3.8) is 0 Å². The summed E-state index contributed by atoms with van der Waals surface area (Å²) < 4.78 is 0. The molecule has 0 bridgehead atoms. The zero-order chi connectivity index (χ0) is 10.5. The van der Waals surface area contributed by atoms with Gasteiger partial charge in [0, 0.05) is 11.5 Å². The van der Waals surface area contributed by atoms with Crippen molar-refractivity contribution < 1.29 is 0 Å². The Kier molecular flexibility index (Phi) is 2.85. The van der Waals surface area contributed by atoms with E-state index in [1.807, 2.05) is 24.3 Å². The number of benzene rings is 1. The van der Waals surface area contributed by atoms with Crippen molar-refractivity contribution in [2.45, 2.75) is 0 Å². The summed E-state index contributed by atoms with van der Waals surface area (Å²) in [5.74, 6) is 3.05. The predicted octanol–water partition coefficient (Wildman–Crippen LogP) is 3.42. The molecule has 0 spiro atoms. The molecule has 0 saturated carbocycles. The molecule has 1 aliphatic rings. The van der Waals surface area contributed by atoms with Crippen LogP contribution < -0.4 is 0 Å². The van der Waals surface area contributed by atoms with Crippen LogP contribution in [0.5, 0.6) is 0 Å². The highest BCUT2D eigenvalue weighted by molar-refractivity contribution is 5.52. The lowest BCUT2D eigenvalue weighted by atomic mass is 10.1. The van der Waals surface area contributed by atoms with Gasteiger partial charge in [0.15, 0.2) is 0 Å². The van der Waals surface area contributed by atoms with E-state index in [9.17, 15) is 0 Å². The molecular weight excluding hydrogens is 180 g/mol. The molecule has 0 atom stereocenters. The second-order valence-corrected chi connectivity index (χ2v) is 3.47. The summed E-state index contributed by atoms with van der Waals surface area (Å²) in [4.78, 5) is 0. The summed E-state index contributed by atoms with van der Waals surface area (Å²) in [6, 6.07) is 7.99. The van der Waals surface area contributed by atoms with Gasteiger partial charge in [-0.15, -0.1) is 6.42 Å². The average Bonchev–Trinajstić information content (AvgIpc) is 2.80. The molecular formula is C15H12. The number of rotatable bonds is 2. The van der Waals surface area contributed by atoms with Gasteiger partial charge >= 0.3 is 0 Å². The third-order valence-corrected chi connectivity index (χ3v) is 2.37. The Morgan fingerprint density at radius 1 is 1.07 bits per heavy atom. The lowest BCUT2D eigenvalue weighted by molar-refractivity contribution is 1.10. The highest BCUT2D eigenvalue weighted by atomic mass is 14.0. The molecule has 1 aromatic rings. The third kappa shape index (κ3) is 2.48. The van der Waals surface area contributed by atoms with Gasteiger partial charge in [-0.05, 0) is 17.7 Å². The summed E-state index contributed by atoms with van der Waals surface area (Å²) in [6.45, 7) is 0. The Balaban J connectivity index is 2.08. The zero-order valence-corrected chi connectivity index (χ0v) is 8.43. The summed E-state index contributed by atoms with van der Waals surface area (Å²) in [7, 11) is 0. The number of terminal acetylenes is 1. The van der Waals surface area contributed by atoms with E-state index in [4.69, 9.17) is 6.42 Å². The molecule has 2 rings (SSSR count). The maximum absolute atomic E-state index is 5.29. The van der Waals surface area contributed by atoms with Crippen molar-refractivity contribution in [2.75, 3.05) is 0 Å². The van der Waals surface area contributed by atoms with E-state index >= 15 is 0 Å². The molecule has 0 nitrogen and oxygen atoms in total. The normalized spacial score (nSPS) is 14.9. The van der Waals surface area contributed by atoms with Crippen LogP contribution in [0.2, 0.25) is 0 Å². The van der Waals surface area contributed by atoms with Gasteiger partial charge in [-0.3, -0.25) is 0 Å². The second-order valence-electron chi connectivity index (χ2n) is 3.47. The topological polar surface area (TPSA) is 0 Å². The summed E-state index contributed by atoms with van der Waals surface area (Å²) in [5, 5.41) is 0. The molecule has 1 aromatic carbocycles. The summed E-state index contributed by atoms with van der Waals surface area (Å²) in [6.07, 6.45) is 18.0. The van der Waals surface area contributed by atoms with Gasteiger partial charge in [-0.1, -0.05) is 54.5 Å². The monoisotopic (exact) mass is 192 g/mol. The lowest BCUT2D eigenvalue weighted by Gasteiger charge is -1.97. The fraction of sp³-hybridized carbons (Fsp3) is 0.0667. The number of hydrogen-bond acceptors (Lipinski definition) is 0. The zero-order valence-electron chi connectivity index (χ0n) is 8.43. The van der Waals surface area contributed by atoms with E-state index in [-0.39, 0.29) is 0 Å². The van der Waals surface area contributed by atoms with Crippen molar-refractivity contribution in [1.29, 1.82) is 0 Å². The van der Waals surface area contributed by atoms with Gasteiger partial charge < -0.3 is 0 Å². The van der Waals surface area contributed by atoms with Crippen molar-refractivity contribution in [1.82, 2.24) is 0 Å². The molecule has 0 aromatic heterocycles. The fourth-order valence-corrected chi connectivity index (χ4v) is 1.49. The molecule has 0 amide bonds. The third-order valence-electron chi connectivity index (χ3n) is 2.37. The van der Waals surface area contributed by atoms with E-state index < -0.39 is 0 Å². The number of hydrogen-bond donors (Lipinski definition) is 0. The fourth-order valence-electron chi connectivity index (χ4n) is 1.49. The Morgan fingerprint density at radius 3 is 2.33 bits per heavy atom. The van der Waals surface area contributed by atoms with Gasteiger partial charge in [-0.25, -0.2) is 0 Å². The molecule has 0 heteroatoms. The Hall–Kier alpha value is -2.00. The first kappa shape index (κ1) is 9.55. The highest BCUT2D eigenvalue weighted by Crippen LogP contribution is 2.13. The van der Waals surface area contributed by atoms with Crippen LogP contribution in [0.25, 0.3) is 6.08 Å². The predicted molar refractivity (Wildman–Crippen MR) is 65.2 cm³/mol. The van der Waals surface area contributed by atoms with E-state index in [1.54, 1.807) is 0 Å². The van der Waals surface area contributed by atoms with Crippen molar-refractivity contribution in [2.24, 2.45) is 5.92 Å². The quantitative estimate of drug-likeness (QED) is 0.630. The average molecular weight is 192 g/mol. The second kappa shape index (κ2) is 4.48. The Morgan fingerprint density at radius 2 is 1.73 bits per heavy atom. The van der Waals surface area contributed by atoms with Crippen molar-refractivity contribution in [3.8, 4) is 12.3 Å². The van der Waals surface area contributed by atoms with Crippen LogP contribution in [0.3, 0.4) is 0 Å². The minimum absolute atomic E-state index is 0.442. The molecule has 0 unspecified atom stereocenters. The van der Waals surface area contributed by atoms with Crippen LogP contribution in [0.1, 0.15) is 11.1 Å². The standard InChI is InChI=1S/C15H12/c1-2-13-7-9-15(10-8-13)12-11-14-5-3-4-6-14/h1,3-12,14H/b12-11-. The van der Waals surface area contributed by atoms with Gasteiger partial charge in [0.2, 0.25) is 0 Å². The molecule has 0 aliphatic heterocycles. The van der Waals surface area contributed by atoms with Crippen molar-refractivity contribution >= 4 is 6.08 Å². The molecule has 0 radical (unpaired) electrons. The van der Waals surface area contributed by atoms with Gasteiger partial charge in [0.05, 0.1) is 0 Å². The van der Waals surface area contributed by atoms with Crippen LogP contribution in [-0.2, 0) is 0 Å². The van der Waals surface area contributed by atoms with E-state index in [2.05, 4.69) is 42.4 Å². The lowest BCUT2D eigenvalue weighted by Crippen LogP contribution is -1.81. The molecule has 0 N–H and O–H groups in total. The molecule has 15 heavy (non-hydrogen) atoms. The van der Waals surface area contributed by atoms with Gasteiger partial charge in [0.25, 0.3) is 0 Å². The van der Waals surface area contributed by atoms with Crippen LogP contribution >= 0.6 is 0 Å². The largest absolute Gasteiger partial charge is 0.115 e. The smallest absolute Gasteiger partial charge is 0.0243 e. The SMILES string of the molecule is C#Cc1ccc(/C=C\C2C=CC=C2)cc1. The van der Waals surface area contributed by atoms with Crippen LogP contribution in [0.15, 0.2) is 54.6 Å². The maximum Gasteiger partial charge on any atom is 0.0243 e. The van der Waals surface area contributed by atoms with Gasteiger partial charge in [0.1, 0.15) is 0 Å². The molecule has 1 aliphatic carbocycles. The van der Waals surface area contributed by atoms with E-state index in [0.29, 0.717) is 5.92 Å². The van der Waals surface area contributed by atoms with Crippen LogP contribution in [0, 0.1) is 18.3 Å². The highest BCUT2D eigenvalue weighted by Gasteiger charge is 1.97. The maximum atomic E-state index is 5.29. The Labute approximate surface area is 90.6 Å². The van der Waals surface area contributed by atoms with Crippen LogP contribution in [-0.4, -0.2) is 0 Å². The first-order valence-electron chi connectivity index (χ1n) is 4.98. The summed E-state index contributed by atoms with van der Waals surface area (Å²) in [5.41, 5.74) is 2.11. The molecule has 0 heterocycles. The molecule has 0 fully saturated rings. The summed E-state index contributed by atoms with van der Waals surface area (Å²) >= 11 is 0. The first-order valence-corrected chi connectivity index (χ1v) is 4.98. The minimum Gasteiger partial charge on any atom is -0.115 e.